The van der Waals surface area contributed by atoms with Crippen molar-refractivity contribution in [2.45, 2.75) is 13.8 Å². The van der Waals surface area contributed by atoms with Crippen molar-refractivity contribution in [3.05, 3.63) is 24.3 Å². The van der Waals surface area contributed by atoms with E-state index in [1.165, 1.54) is 13.8 Å². The molecular formula is C10H14O3. The fraction of sp³-hybridized carbons (Fsp3) is 0.400. The first-order valence-corrected chi connectivity index (χ1v) is 3.90. The SMILES string of the molecule is C=C(COCC(=C)C(C)=O)C(C)=O. The summed E-state index contributed by atoms with van der Waals surface area (Å²) in [6, 6.07) is 0. The lowest BCUT2D eigenvalue weighted by Gasteiger charge is -2.04. The summed E-state index contributed by atoms with van der Waals surface area (Å²) in [5.74, 6) is -0.207. The number of hydrogen-bond donors (Lipinski definition) is 0. The third-order valence-corrected chi connectivity index (χ3v) is 1.55. The van der Waals surface area contributed by atoms with E-state index in [1.807, 2.05) is 0 Å². The number of carbonyl (C=O) groups is 2. The third-order valence-electron chi connectivity index (χ3n) is 1.55. The van der Waals surface area contributed by atoms with Crippen molar-refractivity contribution in [1.29, 1.82) is 0 Å². The van der Waals surface area contributed by atoms with E-state index in [0.717, 1.165) is 0 Å². The molecule has 0 aromatic carbocycles. The van der Waals surface area contributed by atoms with Crippen LogP contribution in [0, 0.1) is 0 Å². The molecule has 0 heterocycles. The van der Waals surface area contributed by atoms with Crippen molar-refractivity contribution in [2.75, 3.05) is 13.2 Å². The van der Waals surface area contributed by atoms with Gasteiger partial charge in [0.1, 0.15) is 0 Å². The molecule has 0 atom stereocenters. The first-order chi connectivity index (χ1) is 5.95. The number of carbonyl (C=O) groups excluding carboxylic acids is 2. The summed E-state index contributed by atoms with van der Waals surface area (Å²) >= 11 is 0. The summed E-state index contributed by atoms with van der Waals surface area (Å²) in [6.07, 6.45) is 0. The van der Waals surface area contributed by atoms with Crippen LogP contribution < -0.4 is 0 Å². The molecule has 0 amide bonds. The van der Waals surface area contributed by atoms with Gasteiger partial charge in [0.25, 0.3) is 0 Å². The summed E-state index contributed by atoms with van der Waals surface area (Å²) in [5.41, 5.74) is 0.799. The van der Waals surface area contributed by atoms with Gasteiger partial charge in [-0.25, -0.2) is 0 Å². The van der Waals surface area contributed by atoms with Crippen LogP contribution in [0.25, 0.3) is 0 Å². The van der Waals surface area contributed by atoms with Crippen molar-refractivity contribution in [3.63, 3.8) is 0 Å². The highest BCUT2D eigenvalue weighted by Gasteiger charge is 2.03. The standard InChI is InChI=1S/C10H14O3/c1-7(9(3)11)5-13-6-8(2)10(4)12/h1-2,5-6H2,3-4H3. The maximum atomic E-state index is 10.7. The van der Waals surface area contributed by atoms with Gasteiger partial charge in [0.15, 0.2) is 11.6 Å². The van der Waals surface area contributed by atoms with E-state index in [1.54, 1.807) is 0 Å². The molecule has 3 nitrogen and oxygen atoms in total. The number of hydrogen-bond acceptors (Lipinski definition) is 3. The molecule has 0 aliphatic rings. The molecule has 0 aromatic heterocycles. The molecule has 0 radical (unpaired) electrons. The molecule has 0 N–H and O–H groups in total. The molecule has 0 bridgehead atoms. The molecular weight excluding hydrogens is 168 g/mol. The predicted octanol–water partition coefficient (Wildman–Crippen LogP) is 1.29. The van der Waals surface area contributed by atoms with Gasteiger partial charge in [-0.05, 0) is 13.8 Å². The van der Waals surface area contributed by atoms with Crippen molar-refractivity contribution < 1.29 is 14.3 Å². The van der Waals surface area contributed by atoms with Crippen LogP contribution in [0.15, 0.2) is 24.3 Å². The van der Waals surface area contributed by atoms with Gasteiger partial charge in [-0.1, -0.05) is 13.2 Å². The largest absolute Gasteiger partial charge is 0.372 e. The second kappa shape index (κ2) is 5.43. The van der Waals surface area contributed by atoms with Crippen LogP contribution in [-0.4, -0.2) is 24.8 Å². The van der Waals surface area contributed by atoms with Crippen molar-refractivity contribution in [1.82, 2.24) is 0 Å². The number of Topliss-reactive ketones (excluding diaryl/α,β-unsaturated/α-hetero) is 2. The zero-order chi connectivity index (χ0) is 10.4. The molecule has 72 valence electrons. The Balaban J connectivity index is 3.69. The number of ketones is 2. The fourth-order valence-corrected chi connectivity index (χ4v) is 0.501. The Morgan fingerprint density at radius 3 is 1.54 bits per heavy atom. The van der Waals surface area contributed by atoms with E-state index in [0.29, 0.717) is 11.1 Å². The normalized spacial score (nSPS) is 9.38. The van der Waals surface area contributed by atoms with Crippen LogP contribution in [-0.2, 0) is 14.3 Å². The minimum absolute atomic E-state index is 0.103. The van der Waals surface area contributed by atoms with Crippen molar-refractivity contribution >= 4 is 11.6 Å². The van der Waals surface area contributed by atoms with Crippen LogP contribution in [0.2, 0.25) is 0 Å². The van der Waals surface area contributed by atoms with Gasteiger partial charge in [0.05, 0.1) is 13.2 Å². The van der Waals surface area contributed by atoms with E-state index in [2.05, 4.69) is 13.2 Å². The van der Waals surface area contributed by atoms with Crippen molar-refractivity contribution in [2.24, 2.45) is 0 Å². The van der Waals surface area contributed by atoms with Crippen LogP contribution in [0.3, 0.4) is 0 Å². The summed E-state index contributed by atoms with van der Waals surface area (Å²) in [6.45, 7) is 10.2. The average Bonchev–Trinajstić information content (AvgIpc) is 2.03. The lowest BCUT2D eigenvalue weighted by Crippen LogP contribution is -2.09. The highest BCUT2D eigenvalue weighted by Crippen LogP contribution is 1.97. The highest BCUT2D eigenvalue weighted by molar-refractivity contribution is 5.93. The Kier molecular flexibility index (Phi) is 4.92. The highest BCUT2D eigenvalue weighted by atomic mass is 16.5. The van der Waals surface area contributed by atoms with Gasteiger partial charge in [0.2, 0.25) is 0 Å². The zero-order valence-corrected chi connectivity index (χ0v) is 8.05. The Labute approximate surface area is 78.1 Å². The van der Waals surface area contributed by atoms with E-state index >= 15 is 0 Å². The van der Waals surface area contributed by atoms with Crippen LogP contribution >= 0.6 is 0 Å². The molecule has 13 heavy (non-hydrogen) atoms. The topological polar surface area (TPSA) is 43.4 Å². The minimum Gasteiger partial charge on any atom is -0.372 e. The maximum Gasteiger partial charge on any atom is 0.157 e. The average molecular weight is 182 g/mol. The zero-order valence-electron chi connectivity index (χ0n) is 8.05. The van der Waals surface area contributed by atoms with E-state index < -0.39 is 0 Å². The molecule has 0 aliphatic carbocycles. The summed E-state index contributed by atoms with van der Waals surface area (Å²) < 4.78 is 5.04. The second-order valence-electron chi connectivity index (χ2n) is 2.81. The third kappa shape index (κ3) is 5.09. The lowest BCUT2D eigenvalue weighted by molar-refractivity contribution is -0.114. The minimum atomic E-state index is -0.103. The molecule has 0 aromatic rings. The van der Waals surface area contributed by atoms with E-state index in [9.17, 15) is 9.59 Å². The van der Waals surface area contributed by atoms with Gasteiger partial charge in [-0.15, -0.1) is 0 Å². The fourth-order valence-electron chi connectivity index (χ4n) is 0.501. The molecule has 0 fully saturated rings. The molecule has 3 heteroatoms. The van der Waals surface area contributed by atoms with Crippen LogP contribution in [0.5, 0.6) is 0 Å². The Morgan fingerprint density at radius 2 is 1.31 bits per heavy atom. The Morgan fingerprint density at radius 1 is 1.00 bits per heavy atom. The van der Waals surface area contributed by atoms with Gasteiger partial charge in [-0.2, -0.15) is 0 Å². The molecule has 0 saturated carbocycles. The quantitative estimate of drug-likeness (QED) is 0.581. The second-order valence-corrected chi connectivity index (χ2v) is 2.81. The Bertz CT molecular complexity index is 225. The first-order valence-electron chi connectivity index (χ1n) is 3.90. The summed E-state index contributed by atoms with van der Waals surface area (Å²) in [4.78, 5) is 21.4. The Hall–Kier alpha value is -1.22. The smallest absolute Gasteiger partial charge is 0.157 e. The van der Waals surface area contributed by atoms with Crippen LogP contribution in [0.1, 0.15) is 13.8 Å². The molecule has 0 spiro atoms. The molecule has 0 rings (SSSR count). The maximum absolute atomic E-state index is 10.7. The lowest BCUT2D eigenvalue weighted by atomic mass is 10.2. The summed E-state index contributed by atoms with van der Waals surface area (Å²) in [5, 5.41) is 0. The van der Waals surface area contributed by atoms with E-state index in [-0.39, 0.29) is 24.8 Å². The molecule has 0 aliphatic heterocycles. The predicted molar refractivity (Wildman–Crippen MR) is 50.5 cm³/mol. The molecule has 0 unspecified atom stereocenters. The number of rotatable bonds is 6. The summed E-state index contributed by atoms with van der Waals surface area (Å²) in [7, 11) is 0. The number of ether oxygens (including phenoxy) is 1. The van der Waals surface area contributed by atoms with Crippen molar-refractivity contribution in [3.8, 4) is 0 Å². The van der Waals surface area contributed by atoms with Gasteiger partial charge in [-0.3, -0.25) is 9.59 Å². The van der Waals surface area contributed by atoms with E-state index in [4.69, 9.17) is 4.74 Å². The molecule has 0 saturated heterocycles. The van der Waals surface area contributed by atoms with Gasteiger partial charge >= 0.3 is 0 Å². The van der Waals surface area contributed by atoms with Gasteiger partial charge < -0.3 is 4.74 Å². The van der Waals surface area contributed by atoms with Gasteiger partial charge in [0, 0.05) is 11.1 Å². The monoisotopic (exact) mass is 182 g/mol. The van der Waals surface area contributed by atoms with Crippen LogP contribution in [0.4, 0.5) is 0 Å². The first kappa shape index (κ1) is 11.8.